The Labute approximate surface area is 494 Å². The summed E-state index contributed by atoms with van der Waals surface area (Å²) in [6, 6.07) is 13.6. The molecule has 2 atom stereocenters. The first kappa shape index (κ1) is 64.6. The van der Waals surface area contributed by atoms with Crippen LogP contribution < -0.4 is 0 Å². The Balaban J connectivity index is 1.28. The van der Waals surface area contributed by atoms with Crippen molar-refractivity contribution in [3.05, 3.63) is 67.1 Å². The van der Waals surface area contributed by atoms with Crippen molar-refractivity contribution in [3.63, 3.8) is 0 Å². The van der Waals surface area contributed by atoms with E-state index in [9.17, 15) is 0 Å². The Bertz CT molecular complexity index is 2320. The van der Waals surface area contributed by atoms with Crippen LogP contribution in [0.5, 0.6) is 0 Å². The third-order valence-electron chi connectivity index (χ3n) is 17.3. The van der Waals surface area contributed by atoms with E-state index >= 15 is 9.59 Å². The lowest BCUT2D eigenvalue weighted by molar-refractivity contribution is -0.124. The van der Waals surface area contributed by atoms with Crippen molar-refractivity contribution in [2.75, 3.05) is 13.1 Å². The van der Waals surface area contributed by atoms with Gasteiger partial charge in [0.2, 0.25) is 0 Å². The van der Waals surface area contributed by atoms with E-state index in [2.05, 4.69) is 87.7 Å². The van der Waals surface area contributed by atoms with Crippen LogP contribution in [0.2, 0.25) is 0 Å². The number of hydrogen-bond acceptors (Lipinski definition) is 6. The van der Waals surface area contributed by atoms with Gasteiger partial charge >= 0.3 is 0 Å². The summed E-state index contributed by atoms with van der Waals surface area (Å²) in [5.74, 6) is 0.950. The van der Waals surface area contributed by atoms with Crippen molar-refractivity contribution in [2.45, 2.75) is 298 Å². The number of aryl methyl sites for hydroxylation is 2. The molecule has 0 radical (unpaired) electrons. The lowest BCUT2D eigenvalue weighted by Gasteiger charge is -2.29. The SMILES string of the molecule is CCCCCCCCCCCCC(CCCCCCCCCC)CN1C(=O)C2=C(c3ccc(-c4cc5sc(C)cc5s4)s3)N(CC(CCCCCCCCCC)CCCCCCCCCCCC)C(=O)C2=C1c1ccc(C)s1. The minimum Gasteiger partial charge on any atom is -0.306 e. The summed E-state index contributed by atoms with van der Waals surface area (Å²) in [7, 11) is 0. The molecule has 2 unspecified atom stereocenters. The normalized spacial score (nSPS) is 14.7. The Morgan fingerprint density at radius 3 is 1.00 bits per heavy atom. The van der Waals surface area contributed by atoms with E-state index in [4.69, 9.17) is 0 Å². The smallest absolute Gasteiger partial charge is 0.261 e. The molecule has 8 heteroatoms. The monoisotopic (exact) mass is 1140 g/mol. The maximum absolute atomic E-state index is 15.9. The highest BCUT2D eigenvalue weighted by molar-refractivity contribution is 7.31. The standard InChI is InChI=1S/C70H110N2O2S4/c1-7-11-15-19-23-27-29-33-37-41-44-57(43-39-35-31-25-21-17-13-9-3)53-71-67(60-48-47-55(5)75-60)65-66(70(71)74)68(61-50-49-59(77-61)63-52-64-62(78-63)51-56(6)76-64)72(69(65)73)54-58(45-40-36-32-26-22-18-14-10-4)46-42-38-34-30-28-24-20-16-12-8-2/h47-52,57-58H,7-46,53-54H2,1-6H3. The molecule has 0 saturated heterocycles. The summed E-state index contributed by atoms with van der Waals surface area (Å²) >= 11 is 7.30. The zero-order valence-electron chi connectivity index (χ0n) is 50.7. The fourth-order valence-electron chi connectivity index (χ4n) is 12.6. The van der Waals surface area contributed by atoms with Crippen LogP contribution in [0.15, 0.2) is 47.5 Å². The van der Waals surface area contributed by atoms with Gasteiger partial charge in [0.05, 0.1) is 32.3 Å². The van der Waals surface area contributed by atoms with Gasteiger partial charge in [0.15, 0.2) is 0 Å². The zero-order valence-corrected chi connectivity index (χ0v) is 53.9. The molecule has 436 valence electrons. The van der Waals surface area contributed by atoms with E-state index < -0.39 is 0 Å². The van der Waals surface area contributed by atoms with Crippen LogP contribution in [0.3, 0.4) is 0 Å². The molecular formula is C70H110N2O2S4. The average Bonchev–Trinajstić information content (AvgIpc) is 4.43. The first-order valence-corrected chi connectivity index (χ1v) is 36.3. The Hall–Kier alpha value is -2.52. The molecule has 78 heavy (non-hydrogen) atoms. The molecule has 0 bridgehead atoms. The molecule has 0 spiro atoms. The van der Waals surface area contributed by atoms with E-state index in [0.717, 1.165) is 46.8 Å². The van der Waals surface area contributed by atoms with Crippen molar-refractivity contribution in [2.24, 2.45) is 11.8 Å². The van der Waals surface area contributed by atoms with Crippen molar-refractivity contribution in [1.82, 2.24) is 9.80 Å². The van der Waals surface area contributed by atoms with E-state index in [-0.39, 0.29) is 11.8 Å². The maximum atomic E-state index is 15.9. The Kier molecular flexibility index (Phi) is 31.1. The number of fused-ring (bicyclic) bond motifs is 2. The largest absolute Gasteiger partial charge is 0.306 e. The van der Waals surface area contributed by atoms with Gasteiger partial charge in [0.25, 0.3) is 11.8 Å². The molecule has 6 rings (SSSR count). The van der Waals surface area contributed by atoms with Gasteiger partial charge in [0, 0.05) is 42.0 Å². The van der Waals surface area contributed by atoms with Crippen LogP contribution in [-0.2, 0) is 9.59 Å². The molecule has 4 aromatic heterocycles. The fourth-order valence-corrected chi connectivity index (χ4v) is 17.0. The van der Waals surface area contributed by atoms with Gasteiger partial charge in [-0.1, -0.05) is 259 Å². The predicted molar refractivity (Wildman–Crippen MR) is 348 cm³/mol. The number of carbonyl (C=O) groups is 2. The van der Waals surface area contributed by atoms with Crippen LogP contribution in [0.4, 0.5) is 0 Å². The molecular weight excluding hydrogens is 1030 g/mol. The minimum atomic E-state index is 0.0669. The summed E-state index contributed by atoms with van der Waals surface area (Å²) in [6.45, 7) is 15.0. The Morgan fingerprint density at radius 1 is 0.333 bits per heavy atom. The number of nitrogens with zero attached hydrogens (tertiary/aromatic N) is 2. The molecule has 2 aliphatic rings. The third-order valence-corrected chi connectivity index (χ3v) is 21.8. The van der Waals surface area contributed by atoms with Crippen LogP contribution in [-0.4, -0.2) is 34.7 Å². The lowest BCUT2D eigenvalue weighted by atomic mass is 9.93. The molecule has 0 fully saturated rings. The highest BCUT2D eigenvalue weighted by atomic mass is 32.1. The summed E-state index contributed by atoms with van der Waals surface area (Å²) in [6.07, 6.45) is 52.3. The second kappa shape index (κ2) is 37.6. The van der Waals surface area contributed by atoms with Gasteiger partial charge in [-0.15, -0.1) is 45.3 Å². The predicted octanol–water partition coefficient (Wildman–Crippen LogP) is 24.1. The molecule has 4 aromatic rings. The molecule has 0 aromatic carbocycles. The van der Waals surface area contributed by atoms with Gasteiger partial charge in [-0.3, -0.25) is 9.59 Å². The van der Waals surface area contributed by atoms with Gasteiger partial charge in [-0.2, -0.15) is 0 Å². The van der Waals surface area contributed by atoms with Crippen LogP contribution in [0.25, 0.3) is 30.5 Å². The van der Waals surface area contributed by atoms with Crippen molar-refractivity contribution in [3.8, 4) is 9.75 Å². The summed E-state index contributed by atoms with van der Waals surface area (Å²) in [5, 5.41) is 0. The van der Waals surface area contributed by atoms with Crippen LogP contribution in [0, 0.1) is 25.7 Å². The van der Waals surface area contributed by atoms with E-state index in [1.54, 1.807) is 22.7 Å². The maximum Gasteiger partial charge on any atom is 0.261 e. The second-order valence-corrected chi connectivity index (χ2v) is 29.0. The highest BCUT2D eigenvalue weighted by Crippen LogP contribution is 2.51. The number of carbonyl (C=O) groups excluding carboxylic acids is 2. The molecule has 4 nitrogen and oxygen atoms in total. The van der Waals surface area contributed by atoms with Gasteiger partial charge in [-0.05, 0) is 87.8 Å². The third kappa shape index (κ3) is 21.0. The van der Waals surface area contributed by atoms with E-state index in [1.807, 2.05) is 22.7 Å². The number of amides is 2. The lowest BCUT2D eigenvalue weighted by Crippen LogP contribution is -2.34. The molecule has 0 aliphatic carbocycles. The summed E-state index contributed by atoms with van der Waals surface area (Å²) < 4.78 is 2.69. The molecule has 2 amide bonds. The van der Waals surface area contributed by atoms with Crippen LogP contribution >= 0.6 is 45.3 Å². The van der Waals surface area contributed by atoms with E-state index in [0.29, 0.717) is 36.1 Å². The number of thiophene rings is 4. The molecule has 0 saturated carbocycles. The number of rotatable bonds is 47. The quantitative estimate of drug-likeness (QED) is 0.0414. The average molecular weight is 1140 g/mol. The fraction of sp³-hybridized carbons (Fsp3) is 0.714. The number of unbranched alkanes of at least 4 members (excludes halogenated alkanes) is 32. The molecule has 2 aliphatic heterocycles. The highest BCUT2D eigenvalue weighted by Gasteiger charge is 2.50. The minimum absolute atomic E-state index is 0.0669. The first-order valence-electron chi connectivity index (χ1n) is 33.1. The van der Waals surface area contributed by atoms with Crippen molar-refractivity contribution in [1.29, 1.82) is 0 Å². The molecule has 0 N–H and O–H groups in total. The number of hydrogen-bond donors (Lipinski definition) is 0. The van der Waals surface area contributed by atoms with Gasteiger partial charge < -0.3 is 9.80 Å². The summed E-state index contributed by atoms with van der Waals surface area (Å²) in [4.78, 5) is 43.3. The Morgan fingerprint density at radius 2 is 0.654 bits per heavy atom. The topological polar surface area (TPSA) is 40.6 Å². The second-order valence-electron chi connectivity index (χ2n) is 24.2. The zero-order chi connectivity index (χ0) is 55.2. The summed E-state index contributed by atoms with van der Waals surface area (Å²) in [5.41, 5.74) is 3.18. The first-order chi connectivity index (χ1) is 38.3. The van der Waals surface area contributed by atoms with Crippen molar-refractivity contribution < 1.29 is 9.59 Å². The van der Waals surface area contributed by atoms with Gasteiger partial charge in [0.1, 0.15) is 0 Å². The molecule has 6 heterocycles. The van der Waals surface area contributed by atoms with Crippen molar-refractivity contribution >= 4 is 78.0 Å². The van der Waals surface area contributed by atoms with E-state index in [1.165, 1.54) is 260 Å². The van der Waals surface area contributed by atoms with Crippen LogP contribution in [0.1, 0.15) is 304 Å². The van der Waals surface area contributed by atoms with Gasteiger partial charge in [-0.25, -0.2) is 0 Å².